The minimum absolute atomic E-state index is 0.694. The van der Waals surface area contributed by atoms with Gasteiger partial charge in [0.25, 0.3) is 0 Å². The van der Waals surface area contributed by atoms with Crippen molar-refractivity contribution in [3.8, 4) is 0 Å². The van der Waals surface area contributed by atoms with Crippen LogP contribution >= 0.6 is 0 Å². The molecular formula is C18H32N2Si. The summed E-state index contributed by atoms with van der Waals surface area (Å²) in [6.45, 7) is 14.1. The molecule has 0 radical (unpaired) electrons. The van der Waals surface area contributed by atoms with E-state index in [1.807, 2.05) is 0 Å². The van der Waals surface area contributed by atoms with Gasteiger partial charge in [-0.05, 0) is 31.5 Å². The first kappa shape index (κ1) is 16.7. The van der Waals surface area contributed by atoms with Crippen LogP contribution in [0.2, 0.25) is 19.6 Å². The van der Waals surface area contributed by atoms with Gasteiger partial charge in [-0.3, -0.25) is 4.90 Å². The Kier molecular flexibility index (Phi) is 6.03. The van der Waals surface area contributed by atoms with E-state index in [1.165, 1.54) is 37.9 Å². The molecule has 0 spiro atoms. The van der Waals surface area contributed by atoms with Crippen molar-refractivity contribution in [1.82, 2.24) is 10.2 Å². The molecular weight excluding hydrogens is 272 g/mol. The maximum absolute atomic E-state index is 3.66. The number of hydrogen-bond acceptors (Lipinski definition) is 2. The van der Waals surface area contributed by atoms with Crippen LogP contribution in [0.25, 0.3) is 0 Å². The molecule has 1 saturated heterocycles. The van der Waals surface area contributed by atoms with E-state index in [4.69, 9.17) is 0 Å². The molecule has 1 atom stereocenters. The highest BCUT2D eigenvalue weighted by atomic mass is 28.3. The maximum Gasteiger partial charge on any atom is 0.0775 e. The molecule has 1 N–H and O–H groups in total. The molecule has 1 fully saturated rings. The van der Waals surface area contributed by atoms with Crippen LogP contribution in [0, 0.1) is 0 Å². The Bertz CT molecular complexity index is 416. The summed E-state index contributed by atoms with van der Waals surface area (Å²) in [7, 11) is -1.16. The molecule has 1 aliphatic heterocycles. The Morgan fingerprint density at radius 2 is 1.86 bits per heavy atom. The molecule has 0 saturated carbocycles. The Hall–Kier alpha value is -0.643. The lowest BCUT2D eigenvalue weighted by molar-refractivity contribution is 0.226. The van der Waals surface area contributed by atoms with Gasteiger partial charge in [-0.1, -0.05) is 62.4 Å². The summed E-state index contributed by atoms with van der Waals surface area (Å²) in [4.78, 5) is 2.58. The molecule has 118 valence electrons. The second-order valence-electron chi connectivity index (χ2n) is 7.42. The third kappa shape index (κ3) is 5.24. The van der Waals surface area contributed by atoms with Gasteiger partial charge in [-0.2, -0.15) is 0 Å². The van der Waals surface area contributed by atoms with Crippen LogP contribution in [0.3, 0.4) is 0 Å². The van der Waals surface area contributed by atoms with Crippen molar-refractivity contribution in [2.75, 3.05) is 19.6 Å². The van der Waals surface area contributed by atoms with Gasteiger partial charge < -0.3 is 5.32 Å². The van der Waals surface area contributed by atoms with E-state index >= 15 is 0 Å². The topological polar surface area (TPSA) is 15.3 Å². The van der Waals surface area contributed by atoms with Gasteiger partial charge in [0.15, 0.2) is 0 Å². The molecule has 1 heterocycles. The van der Waals surface area contributed by atoms with Crippen molar-refractivity contribution < 1.29 is 0 Å². The van der Waals surface area contributed by atoms with E-state index in [0.717, 1.165) is 13.1 Å². The van der Waals surface area contributed by atoms with Crippen molar-refractivity contribution >= 4 is 13.3 Å². The first-order valence-electron chi connectivity index (χ1n) is 8.54. The maximum atomic E-state index is 3.66. The molecule has 0 bridgehead atoms. The highest BCUT2D eigenvalue weighted by Crippen LogP contribution is 2.11. The Morgan fingerprint density at radius 1 is 1.14 bits per heavy atom. The van der Waals surface area contributed by atoms with Gasteiger partial charge in [0.1, 0.15) is 0 Å². The lowest BCUT2D eigenvalue weighted by Crippen LogP contribution is -2.43. The minimum Gasteiger partial charge on any atom is -0.313 e. The number of benzene rings is 1. The molecule has 0 aromatic heterocycles. The average molecular weight is 305 g/mol. The Labute approximate surface area is 131 Å². The zero-order chi connectivity index (χ0) is 15.3. The molecule has 1 aromatic carbocycles. The van der Waals surface area contributed by atoms with Crippen LogP contribution in [0.4, 0.5) is 0 Å². The highest BCUT2D eigenvalue weighted by molar-refractivity contribution is 6.88. The lowest BCUT2D eigenvalue weighted by Gasteiger charge is -2.30. The molecule has 1 aliphatic rings. The zero-order valence-corrected chi connectivity index (χ0v) is 15.3. The van der Waals surface area contributed by atoms with E-state index in [9.17, 15) is 0 Å². The SMILES string of the molecule is CCN(Cc1ccc([Si](C)(C)C)cc1)CC1CCCCN1. The number of nitrogens with one attached hydrogen (secondary N) is 1. The first-order valence-corrected chi connectivity index (χ1v) is 12.0. The lowest BCUT2D eigenvalue weighted by atomic mass is 10.0. The van der Waals surface area contributed by atoms with Crippen molar-refractivity contribution in [3.63, 3.8) is 0 Å². The highest BCUT2D eigenvalue weighted by Gasteiger charge is 2.17. The molecule has 3 heteroatoms. The summed E-state index contributed by atoms with van der Waals surface area (Å²) in [6, 6.07) is 10.1. The predicted molar refractivity (Wildman–Crippen MR) is 96.0 cm³/mol. The summed E-state index contributed by atoms with van der Waals surface area (Å²) in [5, 5.41) is 5.22. The second-order valence-corrected chi connectivity index (χ2v) is 12.5. The minimum atomic E-state index is -1.16. The smallest absolute Gasteiger partial charge is 0.0775 e. The molecule has 2 rings (SSSR count). The van der Waals surface area contributed by atoms with Crippen molar-refractivity contribution in [3.05, 3.63) is 29.8 Å². The molecule has 0 aliphatic carbocycles. The number of likely N-dealkylation sites (N-methyl/N-ethyl adjacent to an activating group) is 1. The van der Waals surface area contributed by atoms with E-state index < -0.39 is 8.07 Å². The van der Waals surface area contributed by atoms with Gasteiger partial charge in [0.2, 0.25) is 0 Å². The van der Waals surface area contributed by atoms with Crippen molar-refractivity contribution in [1.29, 1.82) is 0 Å². The monoisotopic (exact) mass is 304 g/mol. The average Bonchev–Trinajstić information content (AvgIpc) is 2.47. The molecule has 1 unspecified atom stereocenters. The van der Waals surface area contributed by atoms with Gasteiger partial charge in [-0.25, -0.2) is 0 Å². The summed E-state index contributed by atoms with van der Waals surface area (Å²) in [5.74, 6) is 0. The van der Waals surface area contributed by atoms with Crippen LogP contribution in [0.15, 0.2) is 24.3 Å². The zero-order valence-electron chi connectivity index (χ0n) is 14.3. The van der Waals surface area contributed by atoms with E-state index in [-0.39, 0.29) is 0 Å². The van der Waals surface area contributed by atoms with Crippen LogP contribution in [-0.2, 0) is 6.54 Å². The summed E-state index contributed by atoms with van der Waals surface area (Å²) in [5.41, 5.74) is 1.45. The van der Waals surface area contributed by atoms with E-state index in [2.05, 4.69) is 61.0 Å². The number of piperidine rings is 1. The predicted octanol–water partition coefficient (Wildman–Crippen LogP) is 3.20. The Morgan fingerprint density at radius 3 is 2.38 bits per heavy atom. The second kappa shape index (κ2) is 7.57. The van der Waals surface area contributed by atoms with Gasteiger partial charge in [0.05, 0.1) is 8.07 Å². The Balaban J connectivity index is 1.91. The first-order chi connectivity index (χ1) is 9.99. The third-order valence-corrected chi connectivity index (χ3v) is 6.63. The molecule has 2 nitrogen and oxygen atoms in total. The van der Waals surface area contributed by atoms with Gasteiger partial charge >= 0.3 is 0 Å². The summed E-state index contributed by atoms with van der Waals surface area (Å²) >= 11 is 0. The fraction of sp³-hybridized carbons (Fsp3) is 0.667. The number of rotatable bonds is 6. The van der Waals surface area contributed by atoms with Crippen LogP contribution < -0.4 is 10.5 Å². The third-order valence-electron chi connectivity index (χ3n) is 4.56. The summed E-state index contributed by atoms with van der Waals surface area (Å²) in [6.07, 6.45) is 4.08. The molecule has 0 amide bonds. The van der Waals surface area contributed by atoms with Crippen LogP contribution in [0.5, 0.6) is 0 Å². The van der Waals surface area contributed by atoms with Crippen LogP contribution in [-0.4, -0.2) is 38.6 Å². The normalized spacial score (nSPS) is 20.0. The van der Waals surface area contributed by atoms with Crippen LogP contribution in [0.1, 0.15) is 31.7 Å². The fourth-order valence-electron chi connectivity index (χ4n) is 3.07. The van der Waals surface area contributed by atoms with Crippen molar-refractivity contribution in [2.24, 2.45) is 0 Å². The molecule has 21 heavy (non-hydrogen) atoms. The number of nitrogens with zero attached hydrogens (tertiary/aromatic N) is 1. The largest absolute Gasteiger partial charge is 0.313 e. The molecule has 1 aromatic rings. The van der Waals surface area contributed by atoms with Crippen molar-refractivity contribution in [2.45, 2.75) is 58.4 Å². The fourth-order valence-corrected chi connectivity index (χ4v) is 4.23. The van der Waals surface area contributed by atoms with Gasteiger partial charge in [0, 0.05) is 19.1 Å². The standard InChI is InChI=1S/C18H32N2Si/c1-5-20(15-17-8-6-7-13-19-17)14-16-9-11-18(12-10-16)21(2,3)4/h9-12,17,19H,5-8,13-15H2,1-4H3. The quantitative estimate of drug-likeness (QED) is 0.812. The summed E-state index contributed by atoms with van der Waals surface area (Å²) < 4.78 is 0. The van der Waals surface area contributed by atoms with E-state index in [0.29, 0.717) is 6.04 Å². The number of hydrogen-bond donors (Lipinski definition) is 1. The van der Waals surface area contributed by atoms with E-state index in [1.54, 1.807) is 5.19 Å². The van der Waals surface area contributed by atoms with Gasteiger partial charge in [-0.15, -0.1) is 0 Å².